The van der Waals surface area contributed by atoms with Crippen LogP contribution in [0.25, 0.3) is 0 Å². The summed E-state index contributed by atoms with van der Waals surface area (Å²) in [7, 11) is 0. The molecule has 0 fully saturated rings. The molecule has 0 aliphatic rings. The molecule has 0 aromatic heterocycles. The predicted molar refractivity (Wildman–Crippen MR) is 67.7 cm³/mol. The Labute approximate surface area is 106 Å². The van der Waals surface area contributed by atoms with E-state index >= 15 is 0 Å². The van der Waals surface area contributed by atoms with E-state index in [4.69, 9.17) is 11.5 Å². The number of benzene rings is 1. The number of hydrogen-bond acceptors (Lipinski definition) is 3. The monoisotopic (exact) mass is 257 g/mol. The number of nitrogens with one attached hydrogen (secondary N) is 1. The SMILES string of the molecule is C[C@@H](N)C(=O)NCc1cccc(C(N)=O)c1.Cl. The van der Waals surface area contributed by atoms with Crippen LogP contribution in [0.4, 0.5) is 0 Å². The summed E-state index contributed by atoms with van der Waals surface area (Å²) in [5.41, 5.74) is 11.8. The Kier molecular flexibility index (Phi) is 6.23. The summed E-state index contributed by atoms with van der Waals surface area (Å²) >= 11 is 0. The highest BCUT2D eigenvalue weighted by Crippen LogP contribution is 2.04. The predicted octanol–water partition coefficient (Wildman–Crippen LogP) is 0.171. The van der Waals surface area contributed by atoms with Gasteiger partial charge in [-0.15, -0.1) is 12.4 Å². The molecule has 5 nitrogen and oxygen atoms in total. The van der Waals surface area contributed by atoms with Crippen molar-refractivity contribution in [2.45, 2.75) is 19.5 Å². The van der Waals surface area contributed by atoms with E-state index in [0.717, 1.165) is 5.56 Å². The molecular weight excluding hydrogens is 242 g/mol. The topological polar surface area (TPSA) is 98.2 Å². The van der Waals surface area contributed by atoms with Crippen LogP contribution in [-0.2, 0) is 11.3 Å². The van der Waals surface area contributed by atoms with Crippen LogP contribution in [0, 0.1) is 0 Å². The van der Waals surface area contributed by atoms with Gasteiger partial charge in [0.25, 0.3) is 0 Å². The van der Waals surface area contributed by atoms with Crippen molar-refractivity contribution in [3.8, 4) is 0 Å². The molecule has 0 aliphatic heterocycles. The van der Waals surface area contributed by atoms with E-state index in [9.17, 15) is 9.59 Å². The Hall–Kier alpha value is -1.59. The van der Waals surface area contributed by atoms with Gasteiger partial charge in [-0.05, 0) is 24.6 Å². The Morgan fingerprint density at radius 1 is 1.41 bits per heavy atom. The molecule has 1 atom stereocenters. The minimum absolute atomic E-state index is 0. The first-order chi connectivity index (χ1) is 7.50. The molecule has 6 heteroatoms. The number of primary amides is 1. The molecule has 0 saturated carbocycles. The Morgan fingerprint density at radius 2 is 2.06 bits per heavy atom. The van der Waals surface area contributed by atoms with Crippen molar-refractivity contribution >= 4 is 24.2 Å². The molecule has 2 amide bonds. The highest BCUT2D eigenvalue weighted by Gasteiger charge is 2.07. The molecule has 1 rings (SSSR count). The molecule has 94 valence electrons. The zero-order valence-electron chi connectivity index (χ0n) is 9.47. The minimum Gasteiger partial charge on any atom is -0.366 e. The van der Waals surface area contributed by atoms with Gasteiger partial charge in [-0.1, -0.05) is 12.1 Å². The highest BCUT2D eigenvalue weighted by molar-refractivity contribution is 5.92. The van der Waals surface area contributed by atoms with Gasteiger partial charge in [0.15, 0.2) is 0 Å². The van der Waals surface area contributed by atoms with Gasteiger partial charge in [-0.25, -0.2) is 0 Å². The van der Waals surface area contributed by atoms with Gasteiger partial charge in [0.1, 0.15) is 0 Å². The lowest BCUT2D eigenvalue weighted by Gasteiger charge is -2.08. The van der Waals surface area contributed by atoms with Crippen molar-refractivity contribution in [1.29, 1.82) is 0 Å². The molecule has 5 N–H and O–H groups in total. The van der Waals surface area contributed by atoms with E-state index in [2.05, 4.69) is 5.32 Å². The van der Waals surface area contributed by atoms with Crippen LogP contribution in [0.5, 0.6) is 0 Å². The van der Waals surface area contributed by atoms with Crippen molar-refractivity contribution in [1.82, 2.24) is 5.32 Å². The van der Waals surface area contributed by atoms with Crippen LogP contribution in [0.3, 0.4) is 0 Å². The fourth-order valence-electron chi connectivity index (χ4n) is 1.18. The van der Waals surface area contributed by atoms with Crippen LogP contribution < -0.4 is 16.8 Å². The standard InChI is InChI=1S/C11H15N3O2.ClH/c1-7(12)11(16)14-6-8-3-2-4-9(5-8)10(13)15;/h2-5,7H,6,12H2,1H3,(H2,13,15)(H,14,16);1H/t7-;/m1./s1. The molecular formula is C11H16ClN3O2. The summed E-state index contributed by atoms with van der Waals surface area (Å²) in [4.78, 5) is 22.1. The summed E-state index contributed by atoms with van der Waals surface area (Å²) in [5.74, 6) is -0.718. The number of carbonyl (C=O) groups is 2. The number of hydrogen-bond donors (Lipinski definition) is 3. The maximum absolute atomic E-state index is 11.2. The van der Waals surface area contributed by atoms with Crippen molar-refractivity contribution in [2.75, 3.05) is 0 Å². The van der Waals surface area contributed by atoms with Gasteiger partial charge < -0.3 is 16.8 Å². The molecule has 0 heterocycles. The largest absolute Gasteiger partial charge is 0.366 e. The van der Waals surface area contributed by atoms with E-state index in [0.29, 0.717) is 12.1 Å². The van der Waals surface area contributed by atoms with Gasteiger partial charge in [0.05, 0.1) is 6.04 Å². The average molecular weight is 258 g/mol. The quantitative estimate of drug-likeness (QED) is 0.717. The number of halogens is 1. The number of carbonyl (C=O) groups excluding carboxylic acids is 2. The van der Waals surface area contributed by atoms with Crippen LogP contribution in [0.15, 0.2) is 24.3 Å². The third kappa shape index (κ3) is 4.84. The lowest BCUT2D eigenvalue weighted by Crippen LogP contribution is -2.37. The average Bonchev–Trinajstić information content (AvgIpc) is 2.26. The van der Waals surface area contributed by atoms with Crippen molar-refractivity contribution in [3.63, 3.8) is 0 Å². The van der Waals surface area contributed by atoms with Crippen molar-refractivity contribution < 1.29 is 9.59 Å². The van der Waals surface area contributed by atoms with E-state index in [-0.39, 0.29) is 18.3 Å². The summed E-state index contributed by atoms with van der Waals surface area (Å²) in [6.07, 6.45) is 0. The van der Waals surface area contributed by atoms with Gasteiger partial charge >= 0.3 is 0 Å². The molecule has 0 radical (unpaired) electrons. The molecule has 1 aromatic carbocycles. The van der Waals surface area contributed by atoms with Gasteiger partial charge in [0.2, 0.25) is 11.8 Å². The van der Waals surface area contributed by atoms with E-state index < -0.39 is 11.9 Å². The fraction of sp³-hybridized carbons (Fsp3) is 0.273. The maximum Gasteiger partial charge on any atom is 0.248 e. The van der Waals surface area contributed by atoms with Gasteiger partial charge in [0, 0.05) is 12.1 Å². The second-order valence-corrected chi connectivity index (χ2v) is 3.57. The summed E-state index contributed by atoms with van der Waals surface area (Å²) < 4.78 is 0. The molecule has 0 saturated heterocycles. The number of amides is 2. The van der Waals surface area contributed by atoms with Gasteiger partial charge in [-0.3, -0.25) is 9.59 Å². The van der Waals surface area contributed by atoms with Crippen LogP contribution in [0.1, 0.15) is 22.8 Å². The van der Waals surface area contributed by atoms with Crippen LogP contribution in [0.2, 0.25) is 0 Å². The zero-order chi connectivity index (χ0) is 12.1. The second-order valence-electron chi connectivity index (χ2n) is 3.57. The molecule has 0 unspecified atom stereocenters. The highest BCUT2D eigenvalue weighted by atomic mass is 35.5. The summed E-state index contributed by atoms with van der Waals surface area (Å²) in [6.45, 7) is 1.94. The Bertz CT molecular complexity index is 407. The second kappa shape index (κ2) is 6.88. The first-order valence-electron chi connectivity index (χ1n) is 4.92. The first-order valence-corrected chi connectivity index (χ1v) is 4.92. The smallest absolute Gasteiger partial charge is 0.248 e. The third-order valence-electron chi connectivity index (χ3n) is 2.09. The number of rotatable bonds is 4. The third-order valence-corrected chi connectivity index (χ3v) is 2.09. The van der Waals surface area contributed by atoms with Crippen molar-refractivity contribution in [2.24, 2.45) is 11.5 Å². The zero-order valence-corrected chi connectivity index (χ0v) is 10.3. The van der Waals surface area contributed by atoms with E-state index in [1.165, 1.54) is 0 Å². The maximum atomic E-state index is 11.2. The Balaban J connectivity index is 0.00000256. The van der Waals surface area contributed by atoms with Gasteiger partial charge in [-0.2, -0.15) is 0 Å². The van der Waals surface area contributed by atoms with Crippen LogP contribution in [-0.4, -0.2) is 17.9 Å². The fourth-order valence-corrected chi connectivity index (χ4v) is 1.18. The summed E-state index contributed by atoms with van der Waals surface area (Å²) in [6, 6.07) is 6.24. The minimum atomic E-state index is -0.542. The first kappa shape index (κ1) is 15.4. The van der Waals surface area contributed by atoms with E-state index in [1.54, 1.807) is 31.2 Å². The molecule has 0 bridgehead atoms. The lowest BCUT2D eigenvalue weighted by molar-refractivity contribution is -0.122. The normalized spacial score (nSPS) is 11.2. The lowest BCUT2D eigenvalue weighted by atomic mass is 10.1. The molecule has 0 spiro atoms. The number of nitrogens with two attached hydrogens (primary N) is 2. The Morgan fingerprint density at radius 3 is 2.59 bits per heavy atom. The summed E-state index contributed by atoms with van der Waals surface area (Å²) in [5, 5.41) is 2.65. The molecule has 0 aliphatic carbocycles. The van der Waals surface area contributed by atoms with Crippen molar-refractivity contribution in [3.05, 3.63) is 35.4 Å². The molecule has 17 heavy (non-hydrogen) atoms. The molecule has 1 aromatic rings. The van der Waals surface area contributed by atoms with E-state index in [1.807, 2.05) is 0 Å². The van der Waals surface area contributed by atoms with Crippen LogP contribution >= 0.6 is 12.4 Å².